The number of nitrogens with one attached hydrogen (secondary N) is 1. The van der Waals surface area contributed by atoms with Crippen LogP contribution in [0, 0.1) is 6.92 Å². The Morgan fingerprint density at radius 3 is 2.61 bits per heavy atom. The maximum atomic E-state index is 12.9. The Hall–Kier alpha value is -1.57. The van der Waals surface area contributed by atoms with E-state index >= 15 is 0 Å². The summed E-state index contributed by atoms with van der Waals surface area (Å²) in [7, 11) is 0. The molecule has 1 atom stereocenters. The molecule has 1 amide bonds. The predicted octanol–water partition coefficient (Wildman–Crippen LogP) is 3.00. The Bertz CT molecular complexity index is 801. The number of aryl methyl sites for hydroxylation is 1. The number of rotatable bonds is 4. The molecule has 0 radical (unpaired) electrons. The quantitative estimate of drug-likeness (QED) is 0.769. The second kappa shape index (κ2) is 9.29. The van der Waals surface area contributed by atoms with Gasteiger partial charge in [0.2, 0.25) is 5.91 Å². The van der Waals surface area contributed by atoms with Gasteiger partial charge in [0.1, 0.15) is 11.6 Å². The lowest BCUT2D eigenvalue weighted by Gasteiger charge is -2.33. The number of carbonyl (C=O) groups is 1. The number of aromatic nitrogens is 3. The fraction of sp³-hybridized carbons (Fsp3) is 0.550. The van der Waals surface area contributed by atoms with Crippen LogP contribution in [0.2, 0.25) is 0 Å². The lowest BCUT2D eigenvalue weighted by molar-refractivity contribution is -0.131. The normalized spacial score (nSPS) is 18.3. The minimum absolute atomic E-state index is 0. The predicted molar refractivity (Wildman–Crippen MR) is 114 cm³/mol. The molecule has 2 aromatic rings. The van der Waals surface area contributed by atoms with Gasteiger partial charge in [-0.05, 0) is 38.8 Å². The third-order valence-corrected chi connectivity index (χ3v) is 6.60. The van der Waals surface area contributed by atoms with Gasteiger partial charge >= 0.3 is 0 Å². The molecule has 6 nitrogen and oxygen atoms in total. The summed E-state index contributed by atoms with van der Waals surface area (Å²) in [5, 5.41) is 12.1. The summed E-state index contributed by atoms with van der Waals surface area (Å²) in [6, 6.07) is 8.39. The second-order valence-corrected chi connectivity index (χ2v) is 8.89. The molecule has 0 bridgehead atoms. The highest BCUT2D eigenvalue weighted by Gasteiger charge is 2.30. The zero-order valence-electron chi connectivity index (χ0n) is 16.4. The minimum Gasteiger partial charge on any atom is -0.342 e. The van der Waals surface area contributed by atoms with Gasteiger partial charge in [-0.15, -0.1) is 34.4 Å². The molecule has 8 heteroatoms. The van der Waals surface area contributed by atoms with Crippen molar-refractivity contribution >= 4 is 30.1 Å². The molecule has 0 aliphatic carbocycles. The number of amides is 1. The van der Waals surface area contributed by atoms with E-state index in [2.05, 4.69) is 51.3 Å². The van der Waals surface area contributed by atoms with Crippen LogP contribution >= 0.6 is 24.2 Å². The highest BCUT2D eigenvalue weighted by atomic mass is 35.5. The van der Waals surface area contributed by atoms with Crippen LogP contribution in [0.3, 0.4) is 0 Å². The Labute approximate surface area is 176 Å². The zero-order chi connectivity index (χ0) is 18.8. The fourth-order valence-corrected chi connectivity index (χ4v) is 4.85. The van der Waals surface area contributed by atoms with Gasteiger partial charge < -0.3 is 14.8 Å². The Kier molecular flexibility index (Phi) is 7.01. The molecule has 1 saturated heterocycles. The van der Waals surface area contributed by atoms with Gasteiger partial charge in [-0.1, -0.05) is 17.7 Å². The number of fused-ring (bicyclic) bond motifs is 1. The molecule has 3 heterocycles. The van der Waals surface area contributed by atoms with Crippen molar-refractivity contribution in [2.45, 2.75) is 55.8 Å². The average molecular weight is 422 g/mol. The summed E-state index contributed by atoms with van der Waals surface area (Å²) < 4.78 is 2.27. The van der Waals surface area contributed by atoms with Crippen molar-refractivity contribution in [3.63, 3.8) is 0 Å². The van der Waals surface area contributed by atoms with Gasteiger partial charge in [0.25, 0.3) is 0 Å². The first-order valence-electron chi connectivity index (χ1n) is 9.76. The largest absolute Gasteiger partial charge is 0.342 e. The lowest BCUT2D eigenvalue weighted by atomic mass is 9.95. The highest BCUT2D eigenvalue weighted by molar-refractivity contribution is 8.00. The molecule has 0 saturated carbocycles. The first-order chi connectivity index (χ1) is 13.1. The summed E-state index contributed by atoms with van der Waals surface area (Å²) >= 11 is 1.65. The Morgan fingerprint density at radius 2 is 1.89 bits per heavy atom. The maximum absolute atomic E-state index is 12.9. The topological polar surface area (TPSA) is 63.1 Å². The highest BCUT2D eigenvalue weighted by Crippen LogP contribution is 2.30. The Balaban J connectivity index is 0.00000225. The second-order valence-electron chi connectivity index (χ2n) is 7.48. The number of thioether (sulfide) groups is 1. The molecule has 2 aliphatic heterocycles. The number of hydrogen-bond donors (Lipinski definition) is 1. The van der Waals surface area contributed by atoms with Crippen LogP contribution in [0.1, 0.15) is 42.9 Å². The van der Waals surface area contributed by atoms with E-state index in [0.29, 0.717) is 5.92 Å². The van der Waals surface area contributed by atoms with Crippen LogP contribution in [0.15, 0.2) is 29.2 Å². The van der Waals surface area contributed by atoms with Crippen molar-refractivity contribution in [2.24, 2.45) is 0 Å². The lowest BCUT2D eigenvalue weighted by Crippen LogP contribution is -2.42. The van der Waals surface area contributed by atoms with Gasteiger partial charge in [0.15, 0.2) is 0 Å². The fourth-order valence-electron chi connectivity index (χ4n) is 3.90. The summed E-state index contributed by atoms with van der Waals surface area (Å²) in [6.45, 7) is 8.44. The number of nitrogens with zero attached hydrogens (tertiary/aromatic N) is 4. The molecule has 2 aliphatic rings. The van der Waals surface area contributed by atoms with Gasteiger partial charge in [0, 0.05) is 37.0 Å². The van der Waals surface area contributed by atoms with Crippen LogP contribution in [0.5, 0.6) is 0 Å². The van der Waals surface area contributed by atoms with Crippen molar-refractivity contribution in [1.29, 1.82) is 0 Å². The third kappa shape index (κ3) is 4.53. The molecule has 4 rings (SSSR count). The van der Waals surface area contributed by atoms with Gasteiger partial charge in [-0.25, -0.2) is 0 Å². The number of piperidine rings is 1. The first-order valence-corrected chi connectivity index (χ1v) is 10.6. The van der Waals surface area contributed by atoms with Crippen molar-refractivity contribution in [2.75, 3.05) is 19.6 Å². The molecule has 1 aromatic heterocycles. The van der Waals surface area contributed by atoms with Crippen LogP contribution in [0.25, 0.3) is 0 Å². The van der Waals surface area contributed by atoms with Crippen LogP contribution in [0.4, 0.5) is 0 Å². The number of carbonyl (C=O) groups excluding carboxylic acids is 1. The van der Waals surface area contributed by atoms with Crippen LogP contribution < -0.4 is 5.32 Å². The summed E-state index contributed by atoms with van der Waals surface area (Å²) in [6.07, 6.45) is 1.94. The first kappa shape index (κ1) is 21.1. The van der Waals surface area contributed by atoms with Gasteiger partial charge in [-0.3, -0.25) is 4.79 Å². The molecule has 1 N–H and O–H groups in total. The standard InChI is InChI=1S/C20H27N5OS.ClH/c1-14-3-5-17(6-4-14)27-15(2)20(26)24-10-7-16(8-11-24)19-23-22-18-13-21-9-12-25(18)19;/h3-6,15-16,21H,7-13H2,1-2H3;1H. The monoisotopic (exact) mass is 421 g/mol. The maximum Gasteiger partial charge on any atom is 0.235 e. The van der Waals surface area contributed by atoms with Gasteiger partial charge in [0.05, 0.1) is 11.8 Å². The van der Waals surface area contributed by atoms with Crippen LogP contribution in [-0.4, -0.2) is 50.5 Å². The number of likely N-dealkylation sites (tertiary alicyclic amines) is 1. The molecular formula is C20H28ClN5OS. The zero-order valence-corrected chi connectivity index (χ0v) is 18.1. The van der Waals surface area contributed by atoms with E-state index in [0.717, 1.165) is 62.1 Å². The van der Waals surface area contributed by atoms with E-state index in [4.69, 9.17) is 0 Å². The molecule has 152 valence electrons. The molecule has 28 heavy (non-hydrogen) atoms. The number of benzene rings is 1. The van der Waals surface area contributed by atoms with Crippen LogP contribution in [-0.2, 0) is 17.9 Å². The third-order valence-electron chi connectivity index (χ3n) is 5.50. The molecule has 1 fully saturated rings. The summed E-state index contributed by atoms with van der Waals surface area (Å²) in [4.78, 5) is 16.0. The number of hydrogen-bond acceptors (Lipinski definition) is 5. The van der Waals surface area contributed by atoms with E-state index in [1.807, 2.05) is 11.8 Å². The van der Waals surface area contributed by atoms with Crippen molar-refractivity contribution in [3.05, 3.63) is 41.5 Å². The summed E-state index contributed by atoms with van der Waals surface area (Å²) in [5.41, 5.74) is 1.24. The molecule has 1 aromatic carbocycles. The molecule has 0 spiro atoms. The van der Waals surface area contributed by atoms with E-state index in [9.17, 15) is 4.79 Å². The van der Waals surface area contributed by atoms with E-state index in [1.54, 1.807) is 11.8 Å². The number of halogens is 1. The smallest absolute Gasteiger partial charge is 0.235 e. The van der Waals surface area contributed by atoms with E-state index in [-0.39, 0.29) is 23.6 Å². The van der Waals surface area contributed by atoms with Gasteiger partial charge in [-0.2, -0.15) is 0 Å². The van der Waals surface area contributed by atoms with E-state index < -0.39 is 0 Å². The van der Waals surface area contributed by atoms with Crippen molar-refractivity contribution in [1.82, 2.24) is 25.0 Å². The average Bonchev–Trinajstić information content (AvgIpc) is 3.13. The van der Waals surface area contributed by atoms with Crippen molar-refractivity contribution in [3.8, 4) is 0 Å². The SMILES string of the molecule is Cc1ccc(SC(C)C(=O)N2CCC(c3nnc4n3CCNC4)CC2)cc1.Cl. The minimum atomic E-state index is -0.0591. The van der Waals surface area contributed by atoms with E-state index in [1.165, 1.54) is 5.56 Å². The molecule has 1 unspecified atom stereocenters. The van der Waals surface area contributed by atoms with Crippen molar-refractivity contribution < 1.29 is 4.79 Å². The Morgan fingerprint density at radius 1 is 1.18 bits per heavy atom. The summed E-state index contributed by atoms with van der Waals surface area (Å²) in [5.74, 6) is 2.80. The molecular weight excluding hydrogens is 394 g/mol.